The molecule has 0 radical (unpaired) electrons. The van der Waals surface area contributed by atoms with Crippen molar-refractivity contribution >= 4 is 38.3 Å². The number of pyridine rings is 1. The molecule has 6 nitrogen and oxygen atoms in total. The number of hydrogen-bond acceptors (Lipinski definition) is 6. The van der Waals surface area contributed by atoms with Gasteiger partial charge >= 0.3 is 5.97 Å². The molecular weight excluding hydrogens is 458 g/mol. The molecule has 0 saturated carbocycles. The van der Waals surface area contributed by atoms with Gasteiger partial charge in [-0.05, 0) is 34.2 Å². The van der Waals surface area contributed by atoms with Crippen molar-refractivity contribution < 1.29 is 15.0 Å². The number of nitrogens with zero attached hydrogens (tertiary/aromatic N) is 2. The lowest BCUT2D eigenvalue weighted by Gasteiger charge is -2.14. The first-order valence-electron chi connectivity index (χ1n) is 11.5. The molecule has 2 aromatic heterocycles. The number of aliphatic hydroxyl groups excluding tert-OH is 1. The van der Waals surface area contributed by atoms with Gasteiger partial charge in [0, 0.05) is 31.0 Å². The maximum atomic E-state index is 11.2. The number of hydrogen-bond donors (Lipinski definition) is 3. The molecule has 0 aliphatic carbocycles. The van der Waals surface area contributed by atoms with Gasteiger partial charge in [-0.2, -0.15) is 0 Å². The second-order valence-electron chi connectivity index (χ2n) is 8.45. The zero-order valence-electron chi connectivity index (χ0n) is 19.0. The molecule has 7 heteroatoms. The predicted molar refractivity (Wildman–Crippen MR) is 139 cm³/mol. The highest BCUT2D eigenvalue weighted by atomic mass is 32.1. The number of carboxylic acids is 1. The molecule has 0 amide bonds. The molecule has 5 rings (SSSR count). The number of carbonyl (C=O) groups is 1. The molecular formula is C28H25N3O3S. The molecule has 3 N–H and O–H groups in total. The zero-order valence-corrected chi connectivity index (χ0v) is 19.8. The van der Waals surface area contributed by atoms with Crippen LogP contribution in [0.25, 0.3) is 21.0 Å². The van der Waals surface area contributed by atoms with E-state index in [1.807, 2.05) is 66.7 Å². The van der Waals surface area contributed by atoms with Crippen LogP contribution in [-0.4, -0.2) is 32.7 Å². The first kappa shape index (κ1) is 23.1. The number of aliphatic carboxylic acids is 1. The van der Waals surface area contributed by atoms with Crippen LogP contribution in [0, 0.1) is 0 Å². The lowest BCUT2D eigenvalue weighted by molar-refractivity contribution is -0.136. The van der Waals surface area contributed by atoms with Gasteiger partial charge in [0.2, 0.25) is 0 Å². The summed E-state index contributed by atoms with van der Waals surface area (Å²) in [6, 6.07) is 23.7. The van der Waals surface area contributed by atoms with Gasteiger partial charge in [-0.25, -0.2) is 4.98 Å². The number of aliphatic hydroxyl groups is 1. The average molecular weight is 484 g/mol. The largest absolute Gasteiger partial charge is 0.481 e. The van der Waals surface area contributed by atoms with E-state index in [1.54, 1.807) is 17.5 Å². The maximum absolute atomic E-state index is 11.2. The van der Waals surface area contributed by atoms with Crippen molar-refractivity contribution in [2.75, 3.05) is 6.54 Å². The molecule has 3 aromatic carbocycles. The second-order valence-corrected chi connectivity index (χ2v) is 9.56. The molecule has 0 spiro atoms. The average Bonchev–Trinajstić information content (AvgIpc) is 3.28. The van der Waals surface area contributed by atoms with E-state index in [0.29, 0.717) is 18.5 Å². The molecule has 2 heterocycles. The van der Waals surface area contributed by atoms with E-state index in [-0.39, 0.29) is 6.42 Å². The van der Waals surface area contributed by atoms with E-state index < -0.39 is 12.2 Å². The van der Waals surface area contributed by atoms with Crippen molar-refractivity contribution in [3.63, 3.8) is 0 Å². The Morgan fingerprint density at radius 2 is 1.71 bits per heavy atom. The molecule has 176 valence electrons. The highest BCUT2D eigenvalue weighted by Gasteiger charge is 2.12. The minimum Gasteiger partial charge on any atom is -0.481 e. The second kappa shape index (κ2) is 10.3. The summed E-state index contributed by atoms with van der Waals surface area (Å²) in [5.41, 5.74) is 4.50. The van der Waals surface area contributed by atoms with Gasteiger partial charge in [0.25, 0.3) is 0 Å². The number of nitrogens with one attached hydrogen (secondary N) is 1. The first-order valence-corrected chi connectivity index (χ1v) is 12.3. The SMILES string of the molecule is O=C(O)Cc1cnc(Cc2ccc(C(O)NCCc3nc4ccccc4s3)cc2)c2ccccc12. The zero-order chi connectivity index (χ0) is 24.2. The van der Waals surface area contributed by atoms with Crippen LogP contribution in [0.3, 0.4) is 0 Å². The van der Waals surface area contributed by atoms with Crippen LogP contribution in [0.5, 0.6) is 0 Å². The number of carboxylic acid groups (broad SMARTS) is 1. The van der Waals surface area contributed by atoms with Crippen molar-refractivity contribution in [2.24, 2.45) is 0 Å². The van der Waals surface area contributed by atoms with Crippen molar-refractivity contribution in [3.8, 4) is 0 Å². The van der Waals surface area contributed by atoms with Crippen LogP contribution < -0.4 is 5.32 Å². The van der Waals surface area contributed by atoms with Gasteiger partial charge in [0.05, 0.1) is 27.3 Å². The van der Waals surface area contributed by atoms with Crippen molar-refractivity contribution in [1.82, 2.24) is 15.3 Å². The fraction of sp³-hybridized carbons (Fsp3) is 0.179. The summed E-state index contributed by atoms with van der Waals surface area (Å²) in [6.45, 7) is 0.626. The third kappa shape index (κ3) is 5.38. The Balaban J connectivity index is 1.22. The lowest BCUT2D eigenvalue weighted by Crippen LogP contribution is -2.23. The Morgan fingerprint density at radius 1 is 0.971 bits per heavy atom. The number of benzene rings is 3. The normalized spacial score (nSPS) is 12.3. The fourth-order valence-corrected chi connectivity index (χ4v) is 5.19. The third-order valence-electron chi connectivity index (χ3n) is 5.98. The van der Waals surface area contributed by atoms with E-state index in [0.717, 1.165) is 44.5 Å². The molecule has 1 atom stereocenters. The Kier molecular flexibility index (Phi) is 6.81. The summed E-state index contributed by atoms with van der Waals surface area (Å²) < 4.78 is 1.18. The molecule has 0 bridgehead atoms. The molecule has 0 saturated heterocycles. The maximum Gasteiger partial charge on any atom is 0.307 e. The smallest absolute Gasteiger partial charge is 0.307 e. The van der Waals surface area contributed by atoms with Crippen LogP contribution in [0.1, 0.15) is 33.6 Å². The van der Waals surface area contributed by atoms with E-state index in [4.69, 9.17) is 0 Å². The Bertz CT molecular complexity index is 1450. The van der Waals surface area contributed by atoms with Gasteiger partial charge < -0.3 is 10.2 Å². The Hall–Kier alpha value is -3.65. The Morgan fingerprint density at radius 3 is 2.49 bits per heavy atom. The van der Waals surface area contributed by atoms with Crippen LogP contribution in [0.15, 0.2) is 79.0 Å². The molecule has 0 fully saturated rings. The van der Waals surface area contributed by atoms with Gasteiger partial charge in [-0.1, -0.05) is 60.7 Å². The number of aromatic nitrogens is 2. The third-order valence-corrected chi connectivity index (χ3v) is 7.08. The minimum atomic E-state index is -0.868. The van der Waals surface area contributed by atoms with E-state index in [1.165, 1.54) is 4.70 Å². The summed E-state index contributed by atoms with van der Waals surface area (Å²) in [6.07, 6.45) is 2.24. The summed E-state index contributed by atoms with van der Waals surface area (Å²) in [5, 5.41) is 25.9. The fourth-order valence-electron chi connectivity index (χ4n) is 4.23. The van der Waals surface area contributed by atoms with Crippen molar-refractivity contribution in [3.05, 3.63) is 106 Å². The molecule has 0 aliphatic heterocycles. The predicted octanol–water partition coefficient (Wildman–Crippen LogP) is 4.89. The van der Waals surface area contributed by atoms with Gasteiger partial charge in [0.1, 0.15) is 6.23 Å². The topological polar surface area (TPSA) is 95.3 Å². The number of para-hydroxylation sites is 1. The highest BCUT2D eigenvalue weighted by molar-refractivity contribution is 7.18. The standard InChI is InChI=1S/C28H25N3O3S/c32-27(33)16-20-17-30-24(22-6-2-1-5-21(20)22)15-18-9-11-19(12-10-18)28(34)29-14-13-26-31-23-7-3-4-8-25(23)35-26/h1-12,17,28-29,34H,13-16H2,(H,32,33). The minimum absolute atomic E-state index is 0.0493. The summed E-state index contributed by atoms with van der Waals surface area (Å²) in [7, 11) is 0. The molecule has 0 aliphatic rings. The van der Waals surface area contributed by atoms with Crippen LogP contribution in [-0.2, 0) is 24.1 Å². The molecule has 1 unspecified atom stereocenters. The van der Waals surface area contributed by atoms with Gasteiger partial charge in [-0.3, -0.25) is 15.1 Å². The molecule has 5 aromatic rings. The number of rotatable bonds is 9. The monoisotopic (exact) mass is 483 g/mol. The quantitative estimate of drug-likeness (QED) is 0.259. The van der Waals surface area contributed by atoms with Crippen LogP contribution in [0.2, 0.25) is 0 Å². The van der Waals surface area contributed by atoms with E-state index in [2.05, 4.69) is 21.4 Å². The summed E-state index contributed by atoms with van der Waals surface area (Å²) in [4.78, 5) is 20.4. The number of fused-ring (bicyclic) bond motifs is 2. The molecule has 35 heavy (non-hydrogen) atoms. The van der Waals surface area contributed by atoms with Gasteiger partial charge in [0.15, 0.2) is 0 Å². The van der Waals surface area contributed by atoms with E-state index >= 15 is 0 Å². The first-order chi connectivity index (χ1) is 17.1. The van der Waals surface area contributed by atoms with Gasteiger partial charge in [-0.15, -0.1) is 11.3 Å². The summed E-state index contributed by atoms with van der Waals surface area (Å²) in [5.74, 6) is -0.868. The summed E-state index contributed by atoms with van der Waals surface area (Å²) >= 11 is 1.68. The van der Waals surface area contributed by atoms with Crippen LogP contribution in [0.4, 0.5) is 0 Å². The van der Waals surface area contributed by atoms with Crippen molar-refractivity contribution in [2.45, 2.75) is 25.5 Å². The van der Waals surface area contributed by atoms with Crippen molar-refractivity contribution in [1.29, 1.82) is 0 Å². The van der Waals surface area contributed by atoms with E-state index in [9.17, 15) is 15.0 Å². The highest BCUT2D eigenvalue weighted by Crippen LogP contribution is 2.24. The Labute approximate surface area is 206 Å². The lowest BCUT2D eigenvalue weighted by atomic mass is 9.99. The number of thiazole rings is 1. The van der Waals surface area contributed by atoms with Crippen LogP contribution >= 0.6 is 11.3 Å².